The fraction of sp³-hybridized carbons (Fsp3) is 0.409. The number of rotatable bonds is 6. The van der Waals surface area contributed by atoms with E-state index in [0.717, 1.165) is 19.4 Å². The van der Waals surface area contributed by atoms with Crippen molar-refractivity contribution in [3.63, 3.8) is 0 Å². The Bertz CT molecular complexity index is 1260. The number of thiazole rings is 1. The molecule has 2 amide bonds. The van der Waals surface area contributed by atoms with Crippen LogP contribution in [0.1, 0.15) is 25.3 Å². The number of fused-ring (bicyclic) bond motifs is 1. The number of anilines is 2. The molecule has 11 heteroatoms. The van der Waals surface area contributed by atoms with Gasteiger partial charge in [-0.3, -0.25) is 19.0 Å². The second-order valence-electron chi connectivity index (χ2n) is 8.01. The highest BCUT2D eigenvalue weighted by Gasteiger charge is 2.27. The normalized spacial score (nSPS) is 16.1. The zero-order valence-corrected chi connectivity index (χ0v) is 19.2. The molecule has 33 heavy (non-hydrogen) atoms. The third-order valence-corrected chi connectivity index (χ3v) is 6.67. The molecule has 174 valence electrons. The zero-order valence-electron chi connectivity index (χ0n) is 18.4. The molecule has 0 spiro atoms. The molecule has 3 aromatic rings. The quantitative estimate of drug-likeness (QED) is 0.570. The third-order valence-electron chi connectivity index (χ3n) is 5.57. The number of benzene rings is 1. The van der Waals surface area contributed by atoms with E-state index in [0.29, 0.717) is 39.8 Å². The fourth-order valence-corrected chi connectivity index (χ4v) is 4.84. The van der Waals surface area contributed by atoms with E-state index >= 15 is 0 Å². The standard InChI is InChI=1S/C22H25FN6O3S/c1-3-24-20(31)14-5-4-8-28(10-14)22-27-19-18(33-22)21(32)29(12-25-19)11-17(30)26-16-9-15(23)7-6-13(16)2/h6-7,9,12,14H,3-5,8,10-11H2,1-2H3,(H,24,31)(H,26,30)/t14-/m1/s1. The van der Waals surface area contributed by atoms with Crippen LogP contribution in [0.2, 0.25) is 0 Å². The van der Waals surface area contributed by atoms with Crippen LogP contribution >= 0.6 is 11.3 Å². The van der Waals surface area contributed by atoms with Gasteiger partial charge in [0.25, 0.3) is 5.56 Å². The maximum Gasteiger partial charge on any atom is 0.273 e. The Hall–Kier alpha value is -3.34. The maximum atomic E-state index is 13.5. The average Bonchev–Trinajstić information content (AvgIpc) is 3.24. The molecule has 1 aliphatic rings. The molecule has 0 saturated carbocycles. The molecule has 9 nitrogen and oxygen atoms in total. The lowest BCUT2D eigenvalue weighted by Gasteiger charge is -2.31. The van der Waals surface area contributed by atoms with Crippen molar-refractivity contribution in [3.8, 4) is 0 Å². The lowest BCUT2D eigenvalue weighted by molar-refractivity contribution is -0.125. The number of carbonyl (C=O) groups is 2. The smallest absolute Gasteiger partial charge is 0.273 e. The van der Waals surface area contributed by atoms with Crippen LogP contribution < -0.4 is 21.1 Å². The van der Waals surface area contributed by atoms with Crippen molar-refractivity contribution < 1.29 is 14.0 Å². The molecule has 1 saturated heterocycles. The third kappa shape index (κ3) is 5.03. The van der Waals surface area contributed by atoms with Gasteiger partial charge >= 0.3 is 0 Å². The summed E-state index contributed by atoms with van der Waals surface area (Å²) in [5.74, 6) is -1.01. The summed E-state index contributed by atoms with van der Waals surface area (Å²) in [5, 5.41) is 6.14. The van der Waals surface area contributed by atoms with Crippen molar-refractivity contribution in [1.82, 2.24) is 19.9 Å². The molecular formula is C22H25FN6O3S. The lowest BCUT2D eigenvalue weighted by atomic mass is 9.97. The highest BCUT2D eigenvalue weighted by Crippen LogP contribution is 2.29. The van der Waals surface area contributed by atoms with Crippen LogP contribution in [0.5, 0.6) is 0 Å². The number of aryl methyl sites for hydroxylation is 1. The molecule has 2 N–H and O–H groups in total. The summed E-state index contributed by atoms with van der Waals surface area (Å²) in [6, 6.07) is 4.12. The molecule has 1 aliphatic heterocycles. The monoisotopic (exact) mass is 472 g/mol. The van der Waals surface area contributed by atoms with Gasteiger partial charge in [-0.1, -0.05) is 17.4 Å². The Morgan fingerprint density at radius 2 is 2.15 bits per heavy atom. The maximum absolute atomic E-state index is 13.5. The zero-order chi connectivity index (χ0) is 23.5. The van der Waals surface area contributed by atoms with Crippen molar-refractivity contribution in [1.29, 1.82) is 0 Å². The van der Waals surface area contributed by atoms with Gasteiger partial charge in [0.05, 0.1) is 5.92 Å². The minimum absolute atomic E-state index is 0.0309. The van der Waals surface area contributed by atoms with E-state index < -0.39 is 11.7 Å². The summed E-state index contributed by atoms with van der Waals surface area (Å²) in [5.41, 5.74) is 1.02. The van der Waals surface area contributed by atoms with Gasteiger partial charge < -0.3 is 15.5 Å². The first-order valence-corrected chi connectivity index (χ1v) is 11.6. The first-order valence-electron chi connectivity index (χ1n) is 10.8. The minimum Gasteiger partial charge on any atom is -0.356 e. The number of nitrogens with zero attached hydrogens (tertiary/aromatic N) is 4. The number of aromatic nitrogens is 3. The Labute approximate surface area is 193 Å². The van der Waals surface area contributed by atoms with Crippen molar-refractivity contribution >= 4 is 44.3 Å². The van der Waals surface area contributed by atoms with Crippen LogP contribution in [0.4, 0.5) is 15.2 Å². The van der Waals surface area contributed by atoms with Gasteiger partial charge in [-0.2, -0.15) is 4.98 Å². The predicted octanol–water partition coefficient (Wildman–Crippen LogP) is 2.29. The molecule has 0 radical (unpaired) electrons. The topological polar surface area (TPSA) is 109 Å². The summed E-state index contributed by atoms with van der Waals surface area (Å²) in [6.45, 7) is 5.27. The highest BCUT2D eigenvalue weighted by molar-refractivity contribution is 7.22. The molecule has 0 bridgehead atoms. The van der Waals surface area contributed by atoms with Gasteiger partial charge in [-0.25, -0.2) is 9.37 Å². The number of hydrogen-bond acceptors (Lipinski definition) is 7. The summed E-state index contributed by atoms with van der Waals surface area (Å²) in [4.78, 5) is 48.4. The van der Waals surface area contributed by atoms with Crippen molar-refractivity contribution in [3.05, 3.63) is 46.3 Å². The van der Waals surface area contributed by atoms with Gasteiger partial charge in [-0.15, -0.1) is 0 Å². The Balaban J connectivity index is 1.51. The second-order valence-corrected chi connectivity index (χ2v) is 8.99. The molecule has 1 atom stereocenters. The van der Waals surface area contributed by atoms with Gasteiger partial charge in [0, 0.05) is 25.3 Å². The Kier molecular flexibility index (Phi) is 6.68. The van der Waals surface area contributed by atoms with Crippen molar-refractivity contribution in [2.75, 3.05) is 29.9 Å². The predicted molar refractivity (Wildman–Crippen MR) is 125 cm³/mol. The van der Waals surface area contributed by atoms with E-state index in [4.69, 9.17) is 0 Å². The van der Waals surface area contributed by atoms with Crippen LogP contribution in [-0.4, -0.2) is 46.0 Å². The van der Waals surface area contributed by atoms with Crippen molar-refractivity contribution in [2.45, 2.75) is 33.2 Å². The van der Waals surface area contributed by atoms with Gasteiger partial charge in [0.2, 0.25) is 11.8 Å². The van der Waals surface area contributed by atoms with E-state index in [1.807, 2.05) is 11.8 Å². The van der Waals surface area contributed by atoms with Gasteiger partial charge in [0.1, 0.15) is 23.4 Å². The number of nitrogens with one attached hydrogen (secondary N) is 2. The van der Waals surface area contributed by atoms with Gasteiger partial charge in [0.15, 0.2) is 10.8 Å². The first-order chi connectivity index (χ1) is 15.9. The Morgan fingerprint density at radius 3 is 2.94 bits per heavy atom. The van der Waals surface area contributed by atoms with E-state index in [1.54, 1.807) is 13.0 Å². The van der Waals surface area contributed by atoms with Crippen LogP contribution in [0.3, 0.4) is 0 Å². The fourth-order valence-electron chi connectivity index (χ4n) is 3.84. The largest absolute Gasteiger partial charge is 0.356 e. The molecule has 0 aliphatic carbocycles. The molecule has 1 fully saturated rings. The summed E-state index contributed by atoms with van der Waals surface area (Å²) >= 11 is 1.21. The van der Waals surface area contributed by atoms with E-state index in [1.165, 1.54) is 34.4 Å². The number of carbonyl (C=O) groups excluding carboxylic acids is 2. The summed E-state index contributed by atoms with van der Waals surface area (Å²) in [7, 11) is 0. The van der Waals surface area contributed by atoms with Crippen LogP contribution in [0, 0.1) is 18.7 Å². The van der Waals surface area contributed by atoms with E-state index in [-0.39, 0.29) is 23.9 Å². The second kappa shape index (κ2) is 9.65. The molecule has 3 heterocycles. The van der Waals surface area contributed by atoms with Crippen LogP contribution in [0.15, 0.2) is 29.3 Å². The van der Waals surface area contributed by atoms with Gasteiger partial charge in [-0.05, 0) is 44.4 Å². The van der Waals surface area contributed by atoms with Crippen molar-refractivity contribution in [2.24, 2.45) is 5.92 Å². The first kappa shape index (κ1) is 22.8. The molecular weight excluding hydrogens is 447 g/mol. The molecule has 4 rings (SSSR count). The lowest BCUT2D eigenvalue weighted by Crippen LogP contribution is -2.43. The summed E-state index contributed by atoms with van der Waals surface area (Å²) < 4.78 is 15.0. The Morgan fingerprint density at radius 1 is 1.33 bits per heavy atom. The number of hydrogen-bond donors (Lipinski definition) is 2. The number of halogens is 1. The minimum atomic E-state index is -0.461. The highest BCUT2D eigenvalue weighted by atomic mass is 32.1. The SMILES string of the molecule is CCNC(=O)[C@@H]1CCCN(c2nc3ncn(CC(=O)Nc4cc(F)ccc4C)c(=O)c3s2)C1. The van der Waals surface area contributed by atoms with E-state index in [9.17, 15) is 18.8 Å². The van der Waals surface area contributed by atoms with E-state index in [2.05, 4.69) is 20.6 Å². The molecule has 0 unspecified atom stereocenters. The molecule has 1 aromatic carbocycles. The number of amides is 2. The molecule has 2 aromatic heterocycles. The van der Waals surface area contributed by atoms with Crippen LogP contribution in [-0.2, 0) is 16.1 Å². The summed E-state index contributed by atoms with van der Waals surface area (Å²) in [6.07, 6.45) is 2.97. The number of piperidine rings is 1. The van der Waals surface area contributed by atoms with Crippen LogP contribution in [0.25, 0.3) is 10.3 Å². The average molecular weight is 473 g/mol.